The van der Waals surface area contributed by atoms with Crippen LogP contribution < -0.4 is 4.74 Å². The Kier molecular flexibility index (Phi) is 5.15. The molecule has 0 aromatic heterocycles. The molecule has 3 nitrogen and oxygen atoms in total. The molecule has 0 heterocycles. The van der Waals surface area contributed by atoms with E-state index in [0.717, 1.165) is 11.3 Å². The van der Waals surface area contributed by atoms with Gasteiger partial charge in [0, 0.05) is 12.7 Å². The summed E-state index contributed by atoms with van der Waals surface area (Å²) in [6.07, 6.45) is 0.230. The van der Waals surface area contributed by atoms with Crippen LogP contribution in [0.15, 0.2) is 24.3 Å². The molecule has 0 fully saturated rings. The van der Waals surface area contributed by atoms with E-state index in [-0.39, 0.29) is 0 Å². The zero-order valence-electron chi connectivity index (χ0n) is 9.27. The highest BCUT2D eigenvalue weighted by atomic mass is 16.5. The lowest BCUT2D eigenvalue weighted by Crippen LogP contribution is -2.07. The third-order valence-electron chi connectivity index (χ3n) is 2.21. The zero-order chi connectivity index (χ0) is 11.1. The normalized spacial score (nSPS) is 12.5. The van der Waals surface area contributed by atoms with Crippen molar-refractivity contribution in [2.24, 2.45) is 0 Å². The van der Waals surface area contributed by atoms with Crippen LogP contribution in [0.2, 0.25) is 0 Å². The highest BCUT2D eigenvalue weighted by molar-refractivity contribution is 5.34. The Labute approximate surface area is 90.6 Å². The molecule has 0 aliphatic heterocycles. The lowest BCUT2D eigenvalue weighted by molar-refractivity contribution is 0.137. The van der Waals surface area contributed by atoms with Gasteiger partial charge < -0.3 is 14.6 Å². The quantitative estimate of drug-likeness (QED) is 0.731. The molecule has 1 N–H and O–H groups in total. The zero-order valence-corrected chi connectivity index (χ0v) is 9.27. The van der Waals surface area contributed by atoms with Crippen molar-refractivity contribution < 1.29 is 14.6 Å². The Balaban J connectivity index is 2.68. The van der Waals surface area contributed by atoms with Gasteiger partial charge in [0.2, 0.25) is 0 Å². The van der Waals surface area contributed by atoms with Gasteiger partial charge in [0.05, 0.1) is 12.7 Å². The average molecular weight is 210 g/mol. The summed E-state index contributed by atoms with van der Waals surface area (Å²) in [5.41, 5.74) is 0.844. The molecule has 1 unspecified atom stereocenters. The molecule has 0 radical (unpaired) electrons. The van der Waals surface area contributed by atoms with Crippen molar-refractivity contribution in [2.75, 3.05) is 20.3 Å². The summed E-state index contributed by atoms with van der Waals surface area (Å²) in [4.78, 5) is 0. The number of benzene rings is 1. The van der Waals surface area contributed by atoms with Crippen molar-refractivity contribution in [1.82, 2.24) is 0 Å². The van der Waals surface area contributed by atoms with Gasteiger partial charge in [-0.25, -0.2) is 0 Å². The van der Waals surface area contributed by atoms with E-state index in [2.05, 4.69) is 0 Å². The van der Waals surface area contributed by atoms with Crippen LogP contribution in [0.25, 0.3) is 0 Å². The largest absolute Gasteiger partial charge is 0.491 e. The van der Waals surface area contributed by atoms with Gasteiger partial charge in [-0.05, 0) is 12.5 Å². The number of ether oxygens (including phenoxy) is 2. The molecule has 0 saturated carbocycles. The summed E-state index contributed by atoms with van der Waals surface area (Å²) in [7, 11) is 1.64. The third kappa shape index (κ3) is 3.53. The van der Waals surface area contributed by atoms with Crippen molar-refractivity contribution in [3.05, 3.63) is 29.8 Å². The topological polar surface area (TPSA) is 38.7 Å². The van der Waals surface area contributed by atoms with E-state index in [1.165, 1.54) is 0 Å². The van der Waals surface area contributed by atoms with Gasteiger partial charge in [0.15, 0.2) is 0 Å². The Bertz CT molecular complexity index is 286. The smallest absolute Gasteiger partial charge is 0.125 e. The summed E-state index contributed by atoms with van der Waals surface area (Å²) < 4.78 is 10.4. The van der Waals surface area contributed by atoms with Crippen molar-refractivity contribution in [2.45, 2.75) is 19.4 Å². The van der Waals surface area contributed by atoms with Crippen LogP contribution in [0.1, 0.15) is 25.0 Å². The van der Waals surface area contributed by atoms with Gasteiger partial charge in [0.1, 0.15) is 12.4 Å². The second-order valence-corrected chi connectivity index (χ2v) is 3.30. The SMILES string of the molecule is CCC(O)c1ccccc1OCCOC. The molecule has 0 spiro atoms. The molecule has 1 atom stereocenters. The third-order valence-corrected chi connectivity index (χ3v) is 2.21. The van der Waals surface area contributed by atoms with Gasteiger partial charge in [-0.15, -0.1) is 0 Å². The molecule has 0 amide bonds. The molecule has 84 valence electrons. The Hall–Kier alpha value is -1.06. The van der Waals surface area contributed by atoms with Crippen molar-refractivity contribution in [1.29, 1.82) is 0 Å². The summed E-state index contributed by atoms with van der Waals surface area (Å²) in [5.74, 6) is 0.740. The first-order chi connectivity index (χ1) is 7.29. The van der Waals surface area contributed by atoms with Gasteiger partial charge in [0.25, 0.3) is 0 Å². The molecule has 1 aromatic rings. The minimum absolute atomic E-state index is 0.455. The van der Waals surface area contributed by atoms with Gasteiger partial charge in [-0.2, -0.15) is 0 Å². The maximum atomic E-state index is 9.76. The molecular formula is C12H18O3. The van der Waals surface area contributed by atoms with E-state index in [4.69, 9.17) is 9.47 Å². The van der Waals surface area contributed by atoms with Gasteiger partial charge >= 0.3 is 0 Å². The van der Waals surface area contributed by atoms with E-state index in [0.29, 0.717) is 19.6 Å². The van der Waals surface area contributed by atoms with Gasteiger partial charge in [-0.3, -0.25) is 0 Å². The lowest BCUT2D eigenvalue weighted by atomic mass is 10.1. The predicted octanol–water partition coefficient (Wildman–Crippen LogP) is 2.16. The summed E-state index contributed by atoms with van der Waals surface area (Å²) in [6.45, 7) is 3.00. The predicted molar refractivity (Wildman–Crippen MR) is 59.1 cm³/mol. The first kappa shape index (κ1) is 12.0. The standard InChI is InChI=1S/C12H18O3/c1-3-11(13)10-6-4-5-7-12(10)15-9-8-14-2/h4-7,11,13H,3,8-9H2,1-2H3. The minimum atomic E-state index is -0.455. The van der Waals surface area contributed by atoms with E-state index >= 15 is 0 Å². The second-order valence-electron chi connectivity index (χ2n) is 3.30. The summed E-state index contributed by atoms with van der Waals surface area (Å²) in [6, 6.07) is 7.55. The first-order valence-electron chi connectivity index (χ1n) is 5.18. The molecule has 15 heavy (non-hydrogen) atoms. The van der Waals surface area contributed by atoms with Crippen LogP contribution in [-0.2, 0) is 4.74 Å². The molecule has 1 aromatic carbocycles. The van der Waals surface area contributed by atoms with E-state index in [9.17, 15) is 5.11 Å². The number of aliphatic hydroxyl groups is 1. The Morgan fingerprint density at radius 2 is 2.00 bits per heavy atom. The highest BCUT2D eigenvalue weighted by Crippen LogP contribution is 2.26. The Morgan fingerprint density at radius 3 is 2.67 bits per heavy atom. The van der Waals surface area contributed by atoms with Crippen LogP contribution >= 0.6 is 0 Å². The molecule has 3 heteroatoms. The fourth-order valence-corrected chi connectivity index (χ4v) is 1.34. The molecule has 0 aliphatic rings. The molecule has 0 saturated heterocycles. The van der Waals surface area contributed by atoms with Crippen LogP contribution in [0.5, 0.6) is 5.75 Å². The fourth-order valence-electron chi connectivity index (χ4n) is 1.34. The minimum Gasteiger partial charge on any atom is -0.491 e. The molecule has 0 bridgehead atoms. The lowest BCUT2D eigenvalue weighted by Gasteiger charge is -2.14. The number of para-hydroxylation sites is 1. The van der Waals surface area contributed by atoms with Crippen LogP contribution in [0.4, 0.5) is 0 Å². The van der Waals surface area contributed by atoms with Crippen LogP contribution in [-0.4, -0.2) is 25.4 Å². The second kappa shape index (κ2) is 6.43. The molecule has 1 rings (SSSR count). The Morgan fingerprint density at radius 1 is 1.27 bits per heavy atom. The first-order valence-corrected chi connectivity index (χ1v) is 5.18. The van der Waals surface area contributed by atoms with E-state index in [1.807, 2.05) is 31.2 Å². The molecule has 0 aliphatic carbocycles. The highest BCUT2D eigenvalue weighted by Gasteiger charge is 2.10. The number of methoxy groups -OCH3 is 1. The van der Waals surface area contributed by atoms with E-state index < -0.39 is 6.10 Å². The fraction of sp³-hybridized carbons (Fsp3) is 0.500. The number of hydrogen-bond donors (Lipinski definition) is 1. The number of hydrogen-bond acceptors (Lipinski definition) is 3. The number of rotatable bonds is 6. The van der Waals surface area contributed by atoms with Crippen molar-refractivity contribution in [3.63, 3.8) is 0 Å². The summed E-state index contributed by atoms with van der Waals surface area (Å²) >= 11 is 0. The van der Waals surface area contributed by atoms with Gasteiger partial charge in [-0.1, -0.05) is 25.1 Å². The monoisotopic (exact) mass is 210 g/mol. The molecular weight excluding hydrogens is 192 g/mol. The summed E-state index contributed by atoms with van der Waals surface area (Å²) in [5, 5.41) is 9.76. The number of aliphatic hydroxyl groups excluding tert-OH is 1. The van der Waals surface area contributed by atoms with Crippen molar-refractivity contribution in [3.8, 4) is 5.75 Å². The van der Waals surface area contributed by atoms with Crippen LogP contribution in [0.3, 0.4) is 0 Å². The maximum absolute atomic E-state index is 9.76. The maximum Gasteiger partial charge on any atom is 0.125 e. The van der Waals surface area contributed by atoms with Crippen LogP contribution in [0, 0.1) is 0 Å². The van der Waals surface area contributed by atoms with E-state index in [1.54, 1.807) is 7.11 Å². The average Bonchev–Trinajstić information content (AvgIpc) is 2.29. The van der Waals surface area contributed by atoms with Crippen molar-refractivity contribution >= 4 is 0 Å².